The highest BCUT2D eigenvalue weighted by Gasteiger charge is 2.24. The van der Waals surface area contributed by atoms with Crippen LogP contribution in [0, 0.1) is 6.92 Å². The first kappa shape index (κ1) is 31.2. The molecule has 4 heterocycles. The summed E-state index contributed by atoms with van der Waals surface area (Å²) >= 11 is 6.70. The number of halogens is 2. The molecule has 15 heteroatoms. The molecule has 0 radical (unpaired) electrons. The smallest absolute Gasteiger partial charge is 0.410 e. The van der Waals surface area contributed by atoms with Crippen LogP contribution in [0.3, 0.4) is 0 Å². The second-order valence-corrected chi connectivity index (χ2v) is 11.1. The molecule has 0 unspecified atom stereocenters. The molecule has 2 amide bonds. The molecule has 4 aromatic heterocycles. The fraction of sp³-hybridized carbons (Fsp3) is 0.357. The van der Waals surface area contributed by atoms with Gasteiger partial charge in [-0.2, -0.15) is 4.98 Å². The molecule has 0 bridgehead atoms. The summed E-state index contributed by atoms with van der Waals surface area (Å²) in [6.07, 6.45) is 3.73. The molecule has 43 heavy (non-hydrogen) atoms. The van der Waals surface area contributed by atoms with Gasteiger partial charge < -0.3 is 29.2 Å². The van der Waals surface area contributed by atoms with Gasteiger partial charge in [-0.15, -0.1) is 0 Å². The van der Waals surface area contributed by atoms with Crippen LogP contribution in [0.4, 0.5) is 26.6 Å². The standard InChI is InChI=1S/C28H32ClFN8O5/c1-16-11-18(25(40)36(5)14-16)33-26-35-24-23(37(26)6)22(29)19(13-32-24)42-17-7-9-31-20(12-17)34-21(39)15-38(10-8-30)27(41)43-28(2,3)4/h7,9,11-14H,8,10,15H2,1-6H3,(H,31,34,39)(H,32,33,35). The van der Waals surface area contributed by atoms with Crippen LogP contribution < -0.4 is 20.9 Å². The number of carbonyl (C=O) groups excluding carboxylic acids is 2. The number of amides is 2. The number of hydrogen-bond acceptors (Lipinski definition) is 9. The fourth-order valence-corrected chi connectivity index (χ4v) is 4.37. The van der Waals surface area contributed by atoms with Crippen LogP contribution >= 0.6 is 11.6 Å². The summed E-state index contributed by atoms with van der Waals surface area (Å²) in [4.78, 5) is 51.5. The lowest BCUT2D eigenvalue weighted by atomic mass is 10.2. The molecular weight excluding hydrogens is 583 g/mol. The molecule has 2 N–H and O–H groups in total. The van der Waals surface area contributed by atoms with E-state index in [4.69, 9.17) is 21.1 Å². The second kappa shape index (κ2) is 12.7. The second-order valence-electron chi connectivity index (χ2n) is 10.7. The summed E-state index contributed by atoms with van der Waals surface area (Å²) in [7, 11) is 3.39. The van der Waals surface area contributed by atoms with Crippen molar-refractivity contribution in [3.8, 4) is 11.5 Å². The number of nitrogens with one attached hydrogen (secondary N) is 2. The zero-order chi connectivity index (χ0) is 31.5. The Balaban J connectivity index is 1.50. The van der Waals surface area contributed by atoms with Crippen molar-refractivity contribution in [1.29, 1.82) is 0 Å². The molecule has 228 valence electrons. The van der Waals surface area contributed by atoms with E-state index in [9.17, 15) is 18.8 Å². The van der Waals surface area contributed by atoms with Crippen molar-refractivity contribution in [2.75, 3.05) is 30.4 Å². The van der Waals surface area contributed by atoms with Crippen LogP contribution in [0.2, 0.25) is 5.02 Å². The summed E-state index contributed by atoms with van der Waals surface area (Å²) in [5.41, 5.74) is 1.01. The molecule has 0 aliphatic heterocycles. The van der Waals surface area contributed by atoms with Gasteiger partial charge in [0.25, 0.3) is 5.56 Å². The van der Waals surface area contributed by atoms with Crippen LogP contribution in [0.15, 0.2) is 41.6 Å². The minimum atomic E-state index is -0.841. The van der Waals surface area contributed by atoms with Crippen LogP contribution in [0.1, 0.15) is 26.3 Å². The van der Waals surface area contributed by atoms with E-state index < -0.39 is 30.8 Å². The normalized spacial score (nSPS) is 11.3. The number of imidazole rings is 1. The SMILES string of the molecule is Cc1cc(Nc2nc3ncc(Oc4ccnc(NC(=O)CN(CCF)C(=O)OC(C)(C)C)c4)c(Cl)c3n2C)c(=O)n(C)c1. The maximum Gasteiger partial charge on any atom is 0.410 e. The molecule has 0 aromatic carbocycles. The van der Waals surface area contributed by atoms with Gasteiger partial charge in [-0.25, -0.2) is 19.2 Å². The zero-order valence-corrected chi connectivity index (χ0v) is 25.3. The van der Waals surface area contributed by atoms with Crippen molar-refractivity contribution in [3.05, 3.63) is 57.7 Å². The number of alkyl halides is 1. The van der Waals surface area contributed by atoms with Crippen molar-refractivity contribution in [2.45, 2.75) is 33.3 Å². The lowest BCUT2D eigenvalue weighted by molar-refractivity contribution is -0.117. The van der Waals surface area contributed by atoms with Gasteiger partial charge in [-0.3, -0.25) is 14.5 Å². The Kier molecular flexibility index (Phi) is 9.19. The van der Waals surface area contributed by atoms with Gasteiger partial charge in [0.05, 0.1) is 12.7 Å². The quantitative estimate of drug-likeness (QED) is 0.274. The Hall–Kier alpha value is -4.72. The van der Waals surface area contributed by atoms with Gasteiger partial charge in [0.15, 0.2) is 11.4 Å². The highest BCUT2D eigenvalue weighted by atomic mass is 35.5. The first-order valence-corrected chi connectivity index (χ1v) is 13.6. The van der Waals surface area contributed by atoms with Crippen LogP contribution in [-0.2, 0) is 23.6 Å². The van der Waals surface area contributed by atoms with Gasteiger partial charge in [-0.05, 0) is 45.4 Å². The van der Waals surface area contributed by atoms with E-state index in [-0.39, 0.29) is 34.4 Å². The number of carbonyl (C=O) groups is 2. The number of pyridine rings is 3. The molecular formula is C28H32ClFN8O5. The first-order valence-electron chi connectivity index (χ1n) is 13.2. The monoisotopic (exact) mass is 614 g/mol. The molecule has 0 saturated heterocycles. The summed E-state index contributed by atoms with van der Waals surface area (Å²) in [5, 5.41) is 5.83. The summed E-state index contributed by atoms with van der Waals surface area (Å²) < 4.78 is 27.4. The van der Waals surface area contributed by atoms with Crippen molar-refractivity contribution < 1.29 is 23.5 Å². The van der Waals surface area contributed by atoms with Gasteiger partial charge in [0, 0.05) is 32.6 Å². The topological polar surface area (TPSA) is 146 Å². The Morgan fingerprint density at radius 2 is 1.93 bits per heavy atom. The number of rotatable bonds is 9. The predicted octanol–water partition coefficient (Wildman–Crippen LogP) is 4.70. The molecule has 0 aliphatic carbocycles. The molecule has 4 rings (SSSR count). The van der Waals surface area contributed by atoms with Gasteiger partial charge in [0.1, 0.15) is 46.6 Å². The van der Waals surface area contributed by atoms with Gasteiger partial charge in [0.2, 0.25) is 11.9 Å². The van der Waals surface area contributed by atoms with Gasteiger partial charge >= 0.3 is 6.09 Å². The third-order valence-corrected chi connectivity index (χ3v) is 6.30. The number of aryl methyl sites for hydroxylation is 3. The van der Waals surface area contributed by atoms with E-state index in [1.165, 1.54) is 23.0 Å². The predicted molar refractivity (Wildman–Crippen MR) is 160 cm³/mol. The summed E-state index contributed by atoms with van der Waals surface area (Å²) in [5.74, 6) is 0.362. The fourth-order valence-electron chi connectivity index (χ4n) is 4.08. The zero-order valence-electron chi connectivity index (χ0n) is 24.6. The van der Waals surface area contributed by atoms with E-state index in [2.05, 4.69) is 25.6 Å². The van der Waals surface area contributed by atoms with Crippen LogP contribution in [-0.4, -0.2) is 66.4 Å². The molecule has 0 saturated carbocycles. The molecule has 4 aromatic rings. The average Bonchev–Trinajstić information content (AvgIpc) is 3.23. The molecule has 0 aliphatic rings. The molecule has 0 atom stereocenters. The van der Waals surface area contributed by atoms with E-state index >= 15 is 0 Å². The number of nitrogens with zero attached hydrogens (tertiary/aromatic N) is 6. The maximum atomic E-state index is 13.0. The summed E-state index contributed by atoms with van der Waals surface area (Å²) in [6, 6.07) is 4.73. The molecule has 13 nitrogen and oxygen atoms in total. The van der Waals surface area contributed by atoms with E-state index in [1.807, 2.05) is 6.92 Å². The molecule has 0 spiro atoms. The van der Waals surface area contributed by atoms with Crippen molar-refractivity contribution in [1.82, 2.24) is 29.0 Å². The summed E-state index contributed by atoms with van der Waals surface area (Å²) in [6.45, 7) is 5.31. The third-order valence-electron chi connectivity index (χ3n) is 5.94. The number of fused-ring (bicyclic) bond motifs is 1. The van der Waals surface area contributed by atoms with Gasteiger partial charge in [-0.1, -0.05) is 11.6 Å². The number of anilines is 3. The van der Waals surface area contributed by atoms with Crippen molar-refractivity contribution in [3.63, 3.8) is 0 Å². The van der Waals surface area contributed by atoms with Crippen molar-refractivity contribution >= 4 is 52.2 Å². The lowest BCUT2D eigenvalue weighted by Gasteiger charge is -2.26. The van der Waals surface area contributed by atoms with E-state index in [0.717, 1.165) is 10.5 Å². The van der Waals surface area contributed by atoms with Crippen LogP contribution in [0.5, 0.6) is 11.5 Å². The first-order chi connectivity index (χ1) is 20.3. The molecule has 0 fully saturated rings. The Morgan fingerprint density at radius 1 is 1.19 bits per heavy atom. The number of aromatic nitrogens is 5. The average molecular weight is 615 g/mol. The number of hydrogen-bond donors (Lipinski definition) is 2. The maximum absolute atomic E-state index is 13.0. The van der Waals surface area contributed by atoms with E-state index in [0.29, 0.717) is 22.8 Å². The largest absolute Gasteiger partial charge is 0.454 e. The minimum absolute atomic E-state index is 0.129. The number of ether oxygens (including phenoxy) is 2. The van der Waals surface area contributed by atoms with E-state index in [1.54, 1.807) is 57.8 Å². The highest BCUT2D eigenvalue weighted by Crippen LogP contribution is 2.35. The minimum Gasteiger partial charge on any atom is -0.454 e. The Bertz CT molecular complexity index is 1730. The highest BCUT2D eigenvalue weighted by molar-refractivity contribution is 6.36. The Morgan fingerprint density at radius 3 is 2.63 bits per heavy atom. The lowest BCUT2D eigenvalue weighted by Crippen LogP contribution is -2.42. The van der Waals surface area contributed by atoms with Crippen molar-refractivity contribution in [2.24, 2.45) is 14.1 Å². The third kappa shape index (κ3) is 7.57. The van der Waals surface area contributed by atoms with Crippen LogP contribution in [0.25, 0.3) is 11.2 Å². The Labute approximate surface area is 251 Å².